The van der Waals surface area contributed by atoms with E-state index in [-0.39, 0.29) is 12.5 Å². The van der Waals surface area contributed by atoms with Crippen LogP contribution in [0.2, 0.25) is 0 Å². The maximum Gasteiger partial charge on any atom is 0.329 e. The van der Waals surface area contributed by atoms with Gasteiger partial charge < -0.3 is 15.4 Å². The molecule has 1 aromatic rings. The predicted molar refractivity (Wildman–Crippen MR) is 79.6 cm³/mol. The summed E-state index contributed by atoms with van der Waals surface area (Å²) in [5.74, 6) is -1.19. The first kappa shape index (κ1) is 15.5. The summed E-state index contributed by atoms with van der Waals surface area (Å²) in [5, 5.41) is 5.13. The second-order valence-electron chi connectivity index (χ2n) is 4.80. The molecule has 1 aliphatic rings. The molecular weight excluding hydrogens is 340 g/mol. The third kappa shape index (κ3) is 4.29. The smallest absolute Gasteiger partial charge is 0.329 e. The van der Waals surface area contributed by atoms with E-state index in [1.54, 1.807) is 6.07 Å². The van der Waals surface area contributed by atoms with Crippen LogP contribution in [0.25, 0.3) is 0 Å². The normalized spacial score (nSPS) is 17.2. The van der Waals surface area contributed by atoms with Crippen LogP contribution in [0, 0.1) is 6.92 Å². The minimum Gasteiger partial charge on any atom is -0.454 e. The molecule has 0 radical (unpaired) electrons. The number of amides is 2. The van der Waals surface area contributed by atoms with Crippen molar-refractivity contribution < 1.29 is 19.1 Å². The molecule has 1 saturated heterocycles. The van der Waals surface area contributed by atoms with Crippen LogP contribution in [0.4, 0.5) is 5.69 Å². The highest BCUT2D eigenvalue weighted by atomic mass is 79.9. The molecule has 0 unspecified atom stereocenters. The van der Waals surface area contributed by atoms with E-state index in [9.17, 15) is 14.4 Å². The van der Waals surface area contributed by atoms with Crippen molar-refractivity contribution in [1.29, 1.82) is 0 Å². The van der Waals surface area contributed by atoms with Crippen LogP contribution in [0.1, 0.15) is 18.4 Å². The highest BCUT2D eigenvalue weighted by Gasteiger charge is 2.28. The Kier molecular flexibility index (Phi) is 4.95. The molecule has 0 aliphatic carbocycles. The summed E-state index contributed by atoms with van der Waals surface area (Å²) in [4.78, 5) is 34.4. The van der Waals surface area contributed by atoms with Gasteiger partial charge >= 0.3 is 5.97 Å². The van der Waals surface area contributed by atoms with Crippen LogP contribution in [-0.4, -0.2) is 30.4 Å². The number of hydrogen-bond donors (Lipinski definition) is 2. The Morgan fingerprint density at radius 2 is 2.24 bits per heavy atom. The van der Waals surface area contributed by atoms with E-state index in [4.69, 9.17) is 4.74 Å². The standard InChI is InChI=1S/C14H15BrN2O4/c1-8-2-3-10(9(15)6-8)16-13(19)7-21-14(20)11-4-5-12(18)17-11/h2-3,6,11H,4-5,7H2,1H3,(H,16,19)(H,17,18)/t11-/m0/s1. The maximum atomic E-state index is 11.7. The topological polar surface area (TPSA) is 84.5 Å². The number of anilines is 1. The molecule has 6 nitrogen and oxygen atoms in total. The Morgan fingerprint density at radius 3 is 2.86 bits per heavy atom. The van der Waals surface area contributed by atoms with Gasteiger partial charge in [-0.05, 0) is 47.0 Å². The Hall–Kier alpha value is -1.89. The molecule has 0 saturated carbocycles. The zero-order valence-electron chi connectivity index (χ0n) is 11.4. The van der Waals surface area contributed by atoms with Gasteiger partial charge in [0.1, 0.15) is 6.04 Å². The molecule has 1 aliphatic heterocycles. The summed E-state index contributed by atoms with van der Waals surface area (Å²) in [6, 6.07) is 4.85. The van der Waals surface area contributed by atoms with Crippen molar-refractivity contribution in [2.45, 2.75) is 25.8 Å². The second kappa shape index (κ2) is 6.71. The molecule has 1 atom stereocenters. The van der Waals surface area contributed by atoms with Gasteiger partial charge in [0.2, 0.25) is 5.91 Å². The van der Waals surface area contributed by atoms with Gasteiger partial charge in [-0.25, -0.2) is 4.79 Å². The van der Waals surface area contributed by atoms with Crippen molar-refractivity contribution >= 4 is 39.4 Å². The van der Waals surface area contributed by atoms with Crippen molar-refractivity contribution in [2.24, 2.45) is 0 Å². The zero-order chi connectivity index (χ0) is 15.4. The molecule has 0 bridgehead atoms. The van der Waals surface area contributed by atoms with Gasteiger partial charge in [0, 0.05) is 10.9 Å². The highest BCUT2D eigenvalue weighted by molar-refractivity contribution is 9.10. The highest BCUT2D eigenvalue weighted by Crippen LogP contribution is 2.23. The number of carbonyl (C=O) groups excluding carboxylic acids is 3. The van der Waals surface area contributed by atoms with Crippen LogP contribution in [0.15, 0.2) is 22.7 Å². The predicted octanol–water partition coefficient (Wildman–Crippen LogP) is 1.52. The molecule has 2 amide bonds. The van der Waals surface area contributed by atoms with Gasteiger partial charge in [0.25, 0.3) is 5.91 Å². The molecule has 0 aromatic heterocycles. The lowest BCUT2D eigenvalue weighted by molar-refractivity contribution is -0.149. The molecule has 2 N–H and O–H groups in total. The van der Waals surface area contributed by atoms with Crippen LogP contribution in [0.5, 0.6) is 0 Å². The molecule has 0 spiro atoms. The van der Waals surface area contributed by atoms with Crippen LogP contribution in [0.3, 0.4) is 0 Å². The van der Waals surface area contributed by atoms with Crippen molar-refractivity contribution in [1.82, 2.24) is 5.32 Å². The number of ether oxygens (including phenoxy) is 1. The Balaban J connectivity index is 1.82. The Labute approximate surface area is 130 Å². The number of rotatable bonds is 4. The molecule has 112 valence electrons. The fourth-order valence-corrected chi connectivity index (χ4v) is 2.53. The number of hydrogen-bond acceptors (Lipinski definition) is 4. The van der Waals surface area contributed by atoms with E-state index < -0.39 is 17.9 Å². The average molecular weight is 355 g/mol. The number of benzene rings is 1. The lowest BCUT2D eigenvalue weighted by atomic mass is 10.2. The molecule has 1 fully saturated rings. The van der Waals surface area contributed by atoms with Gasteiger partial charge in [-0.1, -0.05) is 6.07 Å². The first-order chi connectivity index (χ1) is 9.95. The van der Waals surface area contributed by atoms with Crippen molar-refractivity contribution in [2.75, 3.05) is 11.9 Å². The van der Waals surface area contributed by atoms with E-state index in [2.05, 4.69) is 26.6 Å². The minimum atomic E-state index is -0.642. The summed E-state index contributed by atoms with van der Waals surface area (Å²) >= 11 is 3.35. The Bertz CT molecular complexity index is 588. The van der Waals surface area contributed by atoms with E-state index in [0.717, 1.165) is 10.0 Å². The van der Waals surface area contributed by atoms with Crippen LogP contribution < -0.4 is 10.6 Å². The molecule has 1 aromatic carbocycles. The molecule has 21 heavy (non-hydrogen) atoms. The minimum absolute atomic E-state index is 0.176. The van der Waals surface area contributed by atoms with Gasteiger partial charge in [-0.15, -0.1) is 0 Å². The van der Waals surface area contributed by atoms with Crippen molar-refractivity contribution in [3.05, 3.63) is 28.2 Å². The van der Waals surface area contributed by atoms with Gasteiger partial charge in [0.05, 0.1) is 5.69 Å². The third-order valence-electron chi connectivity index (χ3n) is 3.02. The molecule has 7 heteroatoms. The van der Waals surface area contributed by atoms with Crippen LogP contribution in [-0.2, 0) is 19.1 Å². The largest absolute Gasteiger partial charge is 0.454 e. The van der Waals surface area contributed by atoms with Gasteiger partial charge in [-0.2, -0.15) is 0 Å². The summed E-state index contributed by atoms with van der Waals surface area (Å²) in [6.07, 6.45) is 0.713. The first-order valence-corrected chi connectivity index (χ1v) is 7.27. The zero-order valence-corrected chi connectivity index (χ0v) is 13.0. The second-order valence-corrected chi connectivity index (χ2v) is 5.65. The SMILES string of the molecule is Cc1ccc(NC(=O)COC(=O)[C@@H]2CCC(=O)N2)c(Br)c1. The van der Waals surface area contributed by atoms with E-state index >= 15 is 0 Å². The van der Waals surface area contributed by atoms with Crippen LogP contribution >= 0.6 is 15.9 Å². The Morgan fingerprint density at radius 1 is 1.48 bits per heavy atom. The number of nitrogens with one attached hydrogen (secondary N) is 2. The van der Waals surface area contributed by atoms with Crippen molar-refractivity contribution in [3.63, 3.8) is 0 Å². The summed E-state index contributed by atoms with van der Waals surface area (Å²) in [6.45, 7) is 1.56. The number of esters is 1. The lowest BCUT2D eigenvalue weighted by Crippen LogP contribution is -2.36. The summed E-state index contributed by atoms with van der Waals surface area (Å²) < 4.78 is 5.65. The lowest BCUT2D eigenvalue weighted by Gasteiger charge is -2.11. The van der Waals surface area contributed by atoms with E-state index in [1.165, 1.54) is 0 Å². The number of carbonyl (C=O) groups is 3. The number of aryl methyl sites for hydroxylation is 1. The summed E-state index contributed by atoms with van der Waals surface area (Å²) in [5.41, 5.74) is 1.67. The first-order valence-electron chi connectivity index (χ1n) is 6.47. The summed E-state index contributed by atoms with van der Waals surface area (Å²) in [7, 11) is 0. The fourth-order valence-electron chi connectivity index (χ4n) is 1.94. The van der Waals surface area contributed by atoms with Gasteiger partial charge in [0.15, 0.2) is 6.61 Å². The quantitative estimate of drug-likeness (QED) is 0.802. The molecule has 2 rings (SSSR count). The van der Waals surface area contributed by atoms with Gasteiger partial charge in [-0.3, -0.25) is 9.59 Å². The van der Waals surface area contributed by atoms with Crippen molar-refractivity contribution in [3.8, 4) is 0 Å². The monoisotopic (exact) mass is 354 g/mol. The third-order valence-corrected chi connectivity index (χ3v) is 3.68. The number of halogens is 1. The average Bonchev–Trinajstić information content (AvgIpc) is 2.86. The van der Waals surface area contributed by atoms with E-state index in [0.29, 0.717) is 18.5 Å². The molecular formula is C14H15BrN2O4. The van der Waals surface area contributed by atoms with E-state index in [1.807, 2.05) is 19.1 Å². The maximum absolute atomic E-state index is 11.7. The fraction of sp³-hybridized carbons (Fsp3) is 0.357. The molecule has 1 heterocycles.